The molecular weight excluding hydrogens is 566 g/mol. The predicted molar refractivity (Wildman–Crippen MR) is 141 cm³/mol. The first-order valence-corrected chi connectivity index (χ1v) is 14.3. The molecule has 7 nitrogen and oxygen atoms in total. The predicted octanol–water partition coefficient (Wildman–Crippen LogP) is 6.04. The van der Waals surface area contributed by atoms with Gasteiger partial charge in [-0.3, -0.25) is 9.59 Å². The Balaban J connectivity index is 1.83. The molecule has 0 aliphatic carbocycles. The molecule has 0 aromatic heterocycles. The molecule has 1 N–H and O–H groups in total. The highest BCUT2D eigenvalue weighted by molar-refractivity contribution is 7.93. The molecule has 1 aliphatic heterocycles. The monoisotopic (exact) mass is 591 g/mol. The number of nitrogens with one attached hydrogen (secondary N) is 1. The van der Waals surface area contributed by atoms with Crippen molar-refractivity contribution in [3.05, 3.63) is 68.7 Å². The van der Waals surface area contributed by atoms with Crippen LogP contribution in [0.4, 0.5) is 13.2 Å². The van der Waals surface area contributed by atoms with E-state index in [0.29, 0.717) is 11.1 Å². The molecule has 0 spiro atoms. The van der Waals surface area contributed by atoms with Gasteiger partial charge in [0.15, 0.2) is 0 Å². The average molecular weight is 592 g/mol. The number of nitrogens with zero attached hydrogens (tertiary/aromatic N) is 2. The molecule has 0 saturated heterocycles. The fraction of sp³-hybridized carbons (Fsp3) is 0.400. The molecule has 0 fully saturated rings. The summed E-state index contributed by atoms with van der Waals surface area (Å²) in [5.74, 6) is -1.16. The van der Waals surface area contributed by atoms with E-state index >= 15 is 0 Å². The zero-order valence-corrected chi connectivity index (χ0v) is 23.3. The minimum Gasteiger partial charge on any atom is -0.374 e. The Morgan fingerprint density at radius 3 is 2.37 bits per heavy atom. The van der Waals surface area contributed by atoms with Crippen molar-refractivity contribution in [3.63, 3.8) is 0 Å². The second-order valence-corrected chi connectivity index (χ2v) is 12.7. The molecule has 13 heteroatoms. The van der Waals surface area contributed by atoms with Gasteiger partial charge in [-0.05, 0) is 62.2 Å². The summed E-state index contributed by atoms with van der Waals surface area (Å²) >= 11 is 11.9. The van der Waals surface area contributed by atoms with Crippen LogP contribution in [0, 0.1) is 6.92 Å². The van der Waals surface area contributed by atoms with Crippen LogP contribution in [0.2, 0.25) is 10.0 Å². The summed E-state index contributed by atoms with van der Waals surface area (Å²) in [4.78, 5) is 29.6. The summed E-state index contributed by atoms with van der Waals surface area (Å²) < 4.78 is 59.3. The first-order chi connectivity index (χ1) is 17.5. The van der Waals surface area contributed by atoms with Crippen LogP contribution in [0.1, 0.15) is 53.7 Å². The summed E-state index contributed by atoms with van der Waals surface area (Å²) in [6.07, 6.45) is -4.25. The number of oxime groups is 1. The van der Waals surface area contributed by atoms with E-state index in [0.717, 1.165) is 12.1 Å². The fourth-order valence-corrected chi connectivity index (χ4v) is 5.51. The van der Waals surface area contributed by atoms with Crippen molar-refractivity contribution in [1.82, 2.24) is 5.32 Å². The summed E-state index contributed by atoms with van der Waals surface area (Å²) in [5, 5.41) is 6.43. The number of carbonyl (C=O) groups excluding carboxylic acids is 2. The first kappa shape index (κ1) is 29.9. The van der Waals surface area contributed by atoms with Gasteiger partial charge < -0.3 is 10.2 Å². The molecule has 0 bridgehead atoms. The van der Waals surface area contributed by atoms with Crippen molar-refractivity contribution in [2.45, 2.75) is 51.4 Å². The van der Waals surface area contributed by atoms with Crippen molar-refractivity contribution in [2.75, 3.05) is 12.0 Å². The molecule has 2 aromatic carbocycles. The van der Waals surface area contributed by atoms with Gasteiger partial charge >= 0.3 is 6.18 Å². The maximum Gasteiger partial charge on any atom is 0.435 e. The Morgan fingerprint density at radius 1 is 1.18 bits per heavy atom. The number of alkyl halides is 3. The lowest BCUT2D eigenvalue weighted by atomic mass is 9.86. The number of hydrogen-bond donors (Lipinski definition) is 1. The third-order valence-electron chi connectivity index (χ3n) is 5.74. The Labute approximate surface area is 228 Å². The lowest BCUT2D eigenvalue weighted by molar-refractivity contribution is -0.275. The lowest BCUT2D eigenvalue weighted by Gasteiger charge is -2.29. The Hall–Kier alpha value is -2.63. The molecule has 1 aliphatic rings. The van der Waals surface area contributed by atoms with Gasteiger partial charge in [0.2, 0.25) is 5.91 Å². The number of halogens is 5. The van der Waals surface area contributed by atoms with E-state index in [9.17, 15) is 27.0 Å². The zero-order chi connectivity index (χ0) is 28.5. The minimum absolute atomic E-state index is 0.00733. The molecule has 0 saturated carbocycles. The van der Waals surface area contributed by atoms with E-state index in [1.54, 1.807) is 20.8 Å². The molecule has 1 heterocycles. The smallest absolute Gasteiger partial charge is 0.374 e. The molecule has 0 radical (unpaired) electrons. The van der Waals surface area contributed by atoms with E-state index in [1.807, 2.05) is 0 Å². The Bertz CT molecular complexity index is 1400. The quantitative estimate of drug-likeness (QED) is 0.424. The van der Waals surface area contributed by atoms with Gasteiger partial charge in [-0.1, -0.05) is 34.4 Å². The number of amides is 2. The van der Waals surface area contributed by atoms with E-state index < -0.39 is 33.8 Å². The number of carbonyl (C=O) groups is 2. The SMILES string of the molecule is Cc1cc(C2=NOC(c3cc(Cl)cc(Cl)c3)(C(F)(F)F)C2)ccc1C(=O)N=S(C)(=O)CCC(=O)NC(C)C. The summed E-state index contributed by atoms with van der Waals surface area (Å²) in [5.41, 5.74) is -2.25. The Kier molecular flexibility index (Phi) is 8.84. The van der Waals surface area contributed by atoms with Crippen molar-refractivity contribution in [1.29, 1.82) is 0 Å². The molecule has 3 rings (SSSR count). The van der Waals surface area contributed by atoms with Gasteiger partial charge in [0.25, 0.3) is 11.5 Å². The van der Waals surface area contributed by atoms with Crippen LogP contribution >= 0.6 is 23.2 Å². The number of benzene rings is 2. The van der Waals surface area contributed by atoms with Crippen molar-refractivity contribution >= 4 is 50.5 Å². The highest BCUT2D eigenvalue weighted by Crippen LogP contribution is 2.49. The molecule has 2 unspecified atom stereocenters. The van der Waals surface area contributed by atoms with Crippen LogP contribution in [-0.4, -0.2) is 46.0 Å². The number of hydrogen-bond acceptors (Lipinski definition) is 5. The van der Waals surface area contributed by atoms with Crippen LogP contribution in [-0.2, 0) is 25.0 Å². The van der Waals surface area contributed by atoms with Gasteiger partial charge in [-0.15, -0.1) is 0 Å². The maximum atomic E-state index is 14.2. The molecule has 206 valence electrons. The van der Waals surface area contributed by atoms with Crippen molar-refractivity contribution in [3.8, 4) is 0 Å². The van der Waals surface area contributed by atoms with Gasteiger partial charge in [-0.2, -0.15) is 17.5 Å². The highest BCUT2D eigenvalue weighted by atomic mass is 35.5. The zero-order valence-electron chi connectivity index (χ0n) is 21.0. The second-order valence-electron chi connectivity index (χ2n) is 9.35. The van der Waals surface area contributed by atoms with Crippen LogP contribution in [0.25, 0.3) is 0 Å². The third-order valence-corrected chi connectivity index (χ3v) is 7.69. The second kappa shape index (κ2) is 11.2. The van der Waals surface area contributed by atoms with E-state index in [-0.39, 0.29) is 51.0 Å². The lowest BCUT2D eigenvalue weighted by Crippen LogP contribution is -2.42. The number of aryl methyl sites for hydroxylation is 1. The average Bonchev–Trinajstić information content (AvgIpc) is 3.23. The van der Waals surface area contributed by atoms with Crippen LogP contribution in [0.3, 0.4) is 0 Å². The third kappa shape index (κ3) is 6.86. The summed E-state index contributed by atoms with van der Waals surface area (Å²) in [6.45, 7) is 5.16. The van der Waals surface area contributed by atoms with Gasteiger partial charge in [-0.25, -0.2) is 4.21 Å². The van der Waals surface area contributed by atoms with E-state index in [4.69, 9.17) is 28.0 Å². The van der Waals surface area contributed by atoms with Crippen molar-refractivity contribution in [2.24, 2.45) is 9.52 Å². The topological polar surface area (TPSA) is 97.2 Å². The molecule has 2 atom stereocenters. The normalized spacial score (nSPS) is 18.9. The van der Waals surface area contributed by atoms with Crippen LogP contribution < -0.4 is 5.32 Å². The summed E-state index contributed by atoms with van der Waals surface area (Å²) in [7, 11) is -3.00. The Morgan fingerprint density at radius 2 is 1.82 bits per heavy atom. The molecule has 38 heavy (non-hydrogen) atoms. The molecule has 2 amide bonds. The first-order valence-electron chi connectivity index (χ1n) is 11.5. The van der Waals surface area contributed by atoms with Crippen LogP contribution in [0.5, 0.6) is 0 Å². The van der Waals surface area contributed by atoms with Gasteiger partial charge in [0, 0.05) is 52.1 Å². The van der Waals surface area contributed by atoms with E-state index in [1.165, 1.54) is 30.5 Å². The maximum absolute atomic E-state index is 14.2. The van der Waals surface area contributed by atoms with Crippen LogP contribution in [0.15, 0.2) is 45.9 Å². The standard InChI is InChI=1S/C25H26Cl2F3N3O4S/c1-14(2)31-22(34)7-8-38(4,36)33-23(35)20-6-5-16(9-15(20)3)21-13-24(37-32-21,25(28,29)30)17-10-18(26)12-19(27)11-17/h5-6,9-12,14H,7-8,13H2,1-4H3,(H,31,34). The van der Waals surface area contributed by atoms with Gasteiger partial charge in [0.05, 0.1) is 15.4 Å². The van der Waals surface area contributed by atoms with Crippen molar-refractivity contribution < 1.29 is 31.8 Å². The molecular formula is C25H26Cl2F3N3O4S. The molecule has 2 aromatic rings. The number of rotatable bonds is 7. The van der Waals surface area contributed by atoms with Gasteiger partial charge in [0.1, 0.15) is 0 Å². The minimum atomic E-state index is -4.84. The fourth-order valence-electron chi connectivity index (χ4n) is 3.88. The van der Waals surface area contributed by atoms with E-state index in [2.05, 4.69) is 14.8 Å². The highest BCUT2D eigenvalue weighted by Gasteiger charge is 2.62. The summed E-state index contributed by atoms with van der Waals surface area (Å²) in [6, 6.07) is 7.77. The largest absolute Gasteiger partial charge is 0.435 e.